The number of hydrogen-bond donors (Lipinski definition) is 3. The molecule has 2 aromatic heterocycles. The summed E-state index contributed by atoms with van der Waals surface area (Å²) in [5, 5.41) is 13.9. The minimum absolute atomic E-state index is 0. The molecule has 0 bridgehead atoms. The van der Waals surface area contributed by atoms with Crippen LogP contribution in [0, 0.1) is 13.8 Å². The van der Waals surface area contributed by atoms with Crippen molar-refractivity contribution in [1.29, 1.82) is 0 Å². The number of nitrogens with one attached hydrogen (secondary N) is 3. The number of aryl methyl sites for hydroxylation is 3. The van der Waals surface area contributed by atoms with Crippen molar-refractivity contribution in [2.75, 3.05) is 13.6 Å². The number of benzene rings is 1. The molecule has 0 spiro atoms. The standard InChI is InChI=1S/C23H30N6O2.HI/c1-17-13-18(2)29(28-17)11-6-10-25-23(24-3)27-15-19-7-4-8-20(14-19)22(30)26-16-21-9-5-12-31-21;/h4-5,7-9,12-14H,6,10-11,15-16H2,1-3H3,(H,26,30)(H2,24,25,27);1H. The Labute approximate surface area is 205 Å². The van der Waals surface area contributed by atoms with Gasteiger partial charge in [-0.15, -0.1) is 24.0 Å². The van der Waals surface area contributed by atoms with Crippen LogP contribution in [-0.4, -0.2) is 35.2 Å². The van der Waals surface area contributed by atoms with Gasteiger partial charge in [0.25, 0.3) is 5.91 Å². The molecule has 0 saturated carbocycles. The molecule has 0 saturated heterocycles. The van der Waals surface area contributed by atoms with E-state index in [-0.39, 0.29) is 29.9 Å². The molecule has 172 valence electrons. The molecule has 1 aromatic carbocycles. The number of nitrogens with zero attached hydrogens (tertiary/aromatic N) is 3. The Balaban J connectivity index is 0.00000363. The molecule has 8 nitrogen and oxygen atoms in total. The van der Waals surface area contributed by atoms with Gasteiger partial charge in [-0.3, -0.25) is 14.5 Å². The molecule has 0 radical (unpaired) electrons. The highest BCUT2D eigenvalue weighted by Crippen LogP contribution is 2.07. The highest BCUT2D eigenvalue weighted by atomic mass is 127. The summed E-state index contributed by atoms with van der Waals surface area (Å²) >= 11 is 0. The van der Waals surface area contributed by atoms with Gasteiger partial charge in [0.05, 0.1) is 18.5 Å². The van der Waals surface area contributed by atoms with E-state index in [0.29, 0.717) is 18.7 Å². The number of aliphatic imine (C=N–C) groups is 1. The molecule has 32 heavy (non-hydrogen) atoms. The van der Waals surface area contributed by atoms with Crippen molar-refractivity contribution in [3.63, 3.8) is 0 Å². The molecule has 1 amide bonds. The average Bonchev–Trinajstić information content (AvgIpc) is 3.40. The van der Waals surface area contributed by atoms with E-state index in [1.165, 1.54) is 5.69 Å². The maximum absolute atomic E-state index is 12.4. The van der Waals surface area contributed by atoms with Gasteiger partial charge in [0.15, 0.2) is 5.96 Å². The van der Waals surface area contributed by atoms with Crippen LogP contribution in [0.4, 0.5) is 0 Å². The minimum atomic E-state index is -0.134. The number of halogens is 1. The maximum atomic E-state index is 12.4. The lowest BCUT2D eigenvalue weighted by Crippen LogP contribution is -2.37. The van der Waals surface area contributed by atoms with Crippen molar-refractivity contribution in [3.8, 4) is 0 Å². The first-order valence-electron chi connectivity index (χ1n) is 10.4. The summed E-state index contributed by atoms with van der Waals surface area (Å²) in [6.45, 7) is 6.65. The number of guanidine groups is 1. The first kappa shape index (κ1) is 25.4. The third-order valence-electron chi connectivity index (χ3n) is 4.82. The summed E-state index contributed by atoms with van der Waals surface area (Å²) in [6.07, 6.45) is 2.53. The number of aromatic nitrogens is 2. The third-order valence-corrected chi connectivity index (χ3v) is 4.82. The summed E-state index contributed by atoms with van der Waals surface area (Å²) in [5.74, 6) is 1.31. The van der Waals surface area contributed by atoms with E-state index in [1.807, 2.05) is 35.9 Å². The lowest BCUT2D eigenvalue weighted by atomic mass is 10.1. The molecule has 3 aromatic rings. The van der Waals surface area contributed by atoms with Gasteiger partial charge in [-0.2, -0.15) is 5.10 Å². The van der Waals surface area contributed by atoms with Gasteiger partial charge in [0.2, 0.25) is 0 Å². The number of rotatable bonds is 9. The third kappa shape index (κ3) is 7.70. The largest absolute Gasteiger partial charge is 0.467 e. The second-order valence-electron chi connectivity index (χ2n) is 7.32. The first-order valence-corrected chi connectivity index (χ1v) is 10.4. The molecule has 0 aliphatic rings. The van der Waals surface area contributed by atoms with E-state index in [1.54, 1.807) is 25.4 Å². The molecule has 0 unspecified atom stereocenters. The van der Waals surface area contributed by atoms with Crippen molar-refractivity contribution in [3.05, 3.63) is 77.0 Å². The van der Waals surface area contributed by atoms with Gasteiger partial charge < -0.3 is 20.4 Å². The normalized spacial score (nSPS) is 11.0. The van der Waals surface area contributed by atoms with Crippen LogP contribution in [0.3, 0.4) is 0 Å². The number of carbonyl (C=O) groups excluding carboxylic acids is 1. The van der Waals surface area contributed by atoms with E-state index < -0.39 is 0 Å². The lowest BCUT2D eigenvalue weighted by Gasteiger charge is -2.13. The molecule has 0 aliphatic heterocycles. The highest BCUT2D eigenvalue weighted by molar-refractivity contribution is 14.0. The molecule has 0 aliphatic carbocycles. The summed E-state index contributed by atoms with van der Waals surface area (Å²) in [7, 11) is 1.74. The number of carbonyl (C=O) groups is 1. The van der Waals surface area contributed by atoms with Crippen LogP contribution in [0.25, 0.3) is 0 Å². The summed E-state index contributed by atoms with van der Waals surface area (Å²) in [6, 6.07) is 13.2. The number of hydrogen-bond acceptors (Lipinski definition) is 4. The van der Waals surface area contributed by atoms with Crippen molar-refractivity contribution < 1.29 is 9.21 Å². The number of amides is 1. The Morgan fingerprint density at radius 1 is 1.09 bits per heavy atom. The van der Waals surface area contributed by atoms with Crippen LogP contribution in [-0.2, 0) is 19.6 Å². The Morgan fingerprint density at radius 2 is 1.94 bits per heavy atom. The predicted molar refractivity (Wildman–Crippen MR) is 136 cm³/mol. The Morgan fingerprint density at radius 3 is 2.62 bits per heavy atom. The SMILES string of the molecule is CN=C(NCCCn1nc(C)cc1C)NCc1cccc(C(=O)NCc2ccco2)c1.I. The zero-order chi connectivity index (χ0) is 22.1. The van der Waals surface area contributed by atoms with Crippen molar-refractivity contribution in [1.82, 2.24) is 25.7 Å². The average molecular weight is 550 g/mol. The highest BCUT2D eigenvalue weighted by Gasteiger charge is 2.08. The number of furan rings is 1. The molecule has 2 heterocycles. The fraction of sp³-hybridized carbons (Fsp3) is 0.348. The van der Waals surface area contributed by atoms with Gasteiger partial charge in [-0.25, -0.2) is 0 Å². The maximum Gasteiger partial charge on any atom is 0.251 e. The Kier molecular flexibility index (Phi) is 10.3. The van der Waals surface area contributed by atoms with Crippen molar-refractivity contribution in [2.24, 2.45) is 4.99 Å². The van der Waals surface area contributed by atoms with Crippen molar-refractivity contribution in [2.45, 2.75) is 39.9 Å². The van der Waals surface area contributed by atoms with Crippen LogP contribution < -0.4 is 16.0 Å². The quantitative estimate of drug-likeness (QED) is 0.164. The van der Waals surface area contributed by atoms with E-state index in [4.69, 9.17) is 4.42 Å². The van der Waals surface area contributed by atoms with E-state index in [2.05, 4.69) is 39.0 Å². The van der Waals surface area contributed by atoms with E-state index in [9.17, 15) is 4.79 Å². The van der Waals surface area contributed by atoms with E-state index in [0.717, 1.165) is 42.5 Å². The second kappa shape index (κ2) is 12.9. The van der Waals surface area contributed by atoms with Crippen LogP contribution in [0.5, 0.6) is 0 Å². The van der Waals surface area contributed by atoms with Gasteiger partial charge in [-0.05, 0) is 56.2 Å². The van der Waals surface area contributed by atoms with Crippen LogP contribution >= 0.6 is 24.0 Å². The summed E-state index contributed by atoms with van der Waals surface area (Å²) < 4.78 is 7.27. The second-order valence-corrected chi connectivity index (χ2v) is 7.32. The molecular formula is C23H31IN6O2. The minimum Gasteiger partial charge on any atom is -0.467 e. The smallest absolute Gasteiger partial charge is 0.251 e. The zero-order valence-corrected chi connectivity index (χ0v) is 21.1. The van der Waals surface area contributed by atoms with Crippen LogP contribution in [0.1, 0.15) is 39.5 Å². The monoisotopic (exact) mass is 550 g/mol. The van der Waals surface area contributed by atoms with Crippen LogP contribution in [0.2, 0.25) is 0 Å². The summed E-state index contributed by atoms with van der Waals surface area (Å²) in [5.41, 5.74) is 3.82. The lowest BCUT2D eigenvalue weighted by molar-refractivity contribution is 0.0948. The molecule has 3 rings (SSSR count). The molecule has 3 N–H and O–H groups in total. The van der Waals surface area contributed by atoms with Crippen molar-refractivity contribution >= 4 is 35.8 Å². The molecule has 9 heteroatoms. The topological polar surface area (TPSA) is 96.5 Å². The Hall–Kier alpha value is -2.82. The molecule has 0 fully saturated rings. The van der Waals surface area contributed by atoms with Gasteiger partial charge >= 0.3 is 0 Å². The van der Waals surface area contributed by atoms with Gasteiger partial charge in [-0.1, -0.05) is 12.1 Å². The summed E-state index contributed by atoms with van der Waals surface area (Å²) in [4.78, 5) is 16.7. The van der Waals surface area contributed by atoms with Crippen LogP contribution in [0.15, 0.2) is 58.1 Å². The predicted octanol–water partition coefficient (Wildman–Crippen LogP) is 3.40. The molecule has 0 atom stereocenters. The Bertz CT molecular complexity index is 1010. The first-order chi connectivity index (χ1) is 15.0. The van der Waals surface area contributed by atoms with E-state index >= 15 is 0 Å². The van der Waals surface area contributed by atoms with Gasteiger partial charge in [0, 0.05) is 37.9 Å². The van der Waals surface area contributed by atoms with Gasteiger partial charge in [0.1, 0.15) is 5.76 Å². The fourth-order valence-corrected chi connectivity index (χ4v) is 3.25. The fourth-order valence-electron chi connectivity index (χ4n) is 3.25. The zero-order valence-electron chi connectivity index (χ0n) is 18.7. The molecular weight excluding hydrogens is 519 g/mol.